The van der Waals surface area contributed by atoms with Gasteiger partial charge in [-0.3, -0.25) is 4.79 Å². The van der Waals surface area contributed by atoms with E-state index in [0.29, 0.717) is 36.2 Å². The van der Waals surface area contributed by atoms with Crippen LogP contribution in [0.5, 0.6) is 11.5 Å². The summed E-state index contributed by atoms with van der Waals surface area (Å²) in [5.74, 6) is 2.14. The van der Waals surface area contributed by atoms with Crippen molar-refractivity contribution in [3.05, 3.63) is 22.2 Å². The first kappa shape index (κ1) is 15.4. The molecule has 1 aliphatic rings. The molecular formula is C16H21BrO3. The number of ketones is 1. The standard InChI is InChI=1S/C16H21BrO3/c1-4-19-14-8-12(13(17)9-15(14)20-5-2)16(18)10(3)11-6-7-11/h8-11H,4-7H2,1-3H3. The fourth-order valence-corrected chi connectivity index (χ4v) is 2.83. The summed E-state index contributed by atoms with van der Waals surface area (Å²) in [6.45, 7) is 6.99. The highest BCUT2D eigenvalue weighted by Crippen LogP contribution is 2.41. The van der Waals surface area contributed by atoms with Gasteiger partial charge in [-0.15, -0.1) is 0 Å². The van der Waals surface area contributed by atoms with Gasteiger partial charge in [0.05, 0.1) is 13.2 Å². The molecule has 110 valence electrons. The second-order valence-electron chi connectivity index (χ2n) is 5.14. The third-order valence-corrected chi connectivity index (χ3v) is 4.30. The first-order chi connectivity index (χ1) is 9.58. The average molecular weight is 341 g/mol. The van der Waals surface area contributed by atoms with E-state index in [2.05, 4.69) is 15.9 Å². The minimum atomic E-state index is 0.0821. The average Bonchev–Trinajstić information content (AvgIpc) is 3.25. The number of benzene rings is 1. The fraction of sp³-hybridized carbons (Fsp3) is 0.562. The molecule has 1 unspecified atom stereocenters. The molecule has 0 bridgehead atoms. The lowest BCUT2D eigenvalue weighted by Crippen LogP contribution is -2.14. The number of halogens is 1. The highest BCUT2D eigenvalue weighted by molar-refractivity contribution is 9.10. The Labute approximate surface area is 128 Å². The quantitative estimate of drug-likeness (QED) is 0.686. The van der Waals surface area contributed by atoms with Gasteiger partial charge >= 0.3 is 0 Å². The third-order valence-electron chi connectivity index (χ3n) is 3.64. The summed E-state index contributed by atoms with van der Waals surface area (Å²) in [6, 6.07) is 3.64. The first-order valence-electron chi connectivity index (χ1n) is 7.21. The summed E-state index contributed by atoms with van der Waals surface area (Å²) >= 11 is 3.48. The van der Waals surface area contributed by atoms with Crippen LogP contribution < -0.4 is 9.47 Å². The van der Waals surface area contributed by atoms with E-state index in [-0.39, 0.29) is 11.7 Å². The Hall–Kier alpha value is -1.03. The number of hydrogen-bond acceptors (Lipinski definition) is 3. The van der Waals surface area contributed by atoms with E-state index in [0.717, 1.165) is 4.47 Å². The van der Waals surface area contributed by atoms with Gasteiger partial charge < -0.3 is 9.47 Å². The van der Waals surface area contributed by atoms with Crippen LogP contribution in [0, 0.1) is 11.8 Å². The fourth-order valence-electron chi connectivity index (χ4n) is 2.32. The van der Waals surface area contributed by atoms with E-state index in [9.17, 15) is 4.79 Å². The van der Waals surface area contributed by atoms with E-state index >= 15 is 0 Å². The lowest BCUT2D eigenvalue weighted by atomic mass is 9.95. The van der Waals surface area contributed by atoms with Crippen LogP contribution in [0.1, 0.15) is 44.0 Å². The first-order valence-corrected chi connectivity index (χ1v) is 8.01. The molecule has 0 amide bonds. The number of carbonyl (C=O) groups excluding carboxylic acids is 1. The molecule has 0 aromatic heterocycles. The van der Waals surface area contributed by atoms with Gasteiger partial charge in [0.1, 0.15) is 0 Å². The Morgan fingerprint density at radius 1 is 1.25 bits per heavy atom. The van der Waals surface area contributed by atoms with Crippen molar-refractivity contribution in [3.8, 4) is 11.5 Å². The van der Waals surface area contributed by atoms with Crippen LogP contribution in [0.2, 0.25) is 0 Å². The predicted molar refractivity (Wildman–Crippen MR) is 82.7 cm³/mol. The van der Waals surface area contributed by atoms with Gasteiger partial charge in [0.2, 0.25) is 0 Å². The Morgan fingerprint density at radius 3 is 2.30 bits per heavy atom. The normalized spacial score (nSPS) is 15.8. The summed E-state index contributed by atoms with van der Waals surface area (Å²) in [6.07, 6.45) is 2.33. The Morgan fingerprint density at radius 2 is 1.80 bits per heavy atom. The van der Waals surface area contributed by atoms with Gasteiger partial charge in [0.15, 0.2) is 17.3 Å². The van der Waals surface area contributed by atoms with E-state index < -0.39 is 0 Å². The van der Waals surface area contributed by atoms with Gasteiger partial charge in [0.25, 0.3) is 0 Å². The van der Waals surface area contributed by atoms with Crippen LogP contribution in [0.15, 0.2) is 16.6 Å². The van der Waals surface area contributed by atoms with Gasteiger partial charge in [-0.25, -0.2) is 0 Å². The van der Waals surface area contributed by atoms with Gasteiger partial charge in [0, 0.05) is 16.0 Å². The molecule has 0 N–H and O–H groups in total. The maximum absolute atomic E-state index is 12.5. The third kappa shape index (κ3) is 3.35. The van der Waals surface area contributed by atoms with Crippen molar-refractivity contribution in [1.82, 2.24) is 0 Å². The zero-order valence-corrected chi connectivity index (χ0v) is 13.8. The summed E-state index contributed by atoms with van der Waals surface area (Å²) < 4.78 is 11.9. The number of hydrogen-bond donors (Lipinski definition) is 0. The number of ether oxygens (including phenoxy) is 2. The van der Waals surface area contributed by atoms with Crippen LogP contribution in [0.3, 0.4) is 0 Å². The minimum absolute atomic E-state index is 0.0821. The van der Waals surface area contributed by atoms with Gasteiger partial charge in [-0.1, -0.05) is 6.92 Å². The SMILES string of the molecule is CCOc1cc(Br)c(C(=O)C(C)C2CC2)cc1OCC. The molecule has 0 heterocycles. The molecule has 4 heteroatoms. The van der Waals surface area contributed by atoms with Crippen molar-refractivity contribution in [2.24, 2.45) is 11.8 Å². The van der Waals surface area contributed by atoms with Crippen LogP contribution in [0.25, 0.3) is 0 Å². The van der Waals surface area contributed by atoms with E-state index in [1.54, 1.807) is 6.07 Å². The van der Waals surface area contributed by atoms with Crippen LogP contribution in [-0.2, 0) is 0 Å². The molecular weight excluding hydrogens is 320 g/mol. The summed E-state index contributed by atoms with van der Waals surface area (Å²) in [5, 5.41) is 0. The molecule has 1 aromatic rings. The molecule has 1 saturated carbocycles. The topological polar surface area (TPSA) is 35.5 Å². The maximum atomic E-state index is 12.5. The highest BCUT2D eigenvalue weighted by atomic mass is 79.9. The van der Waals surface area contributed by atoms with Crippen molar-refractivity contribution >= 4 is 21.7 Å². The van der Waals surface area contributed by atoms with Crippen molar-refractivity contribution < 1.29 is 14.3 Å². The molecule has 0 radical (unpaired) electrons. The van der Waals surface area contributed by atoms with Crippen molar-refractivity contribution in [2.45, 2.75) is 33.6 Å². The Bertz CT molecular complexity index is 495. The molecule has 1 fully saturated rings. The molecule has 1 aliphatic carbocycles. The molecule has 1 atom stereocenters. The smallest absolute Gasteiger partial charge is 0.167 e. The molecule has 0 saturated heterocycles. The molecule has 3 nitrogen and oxygen atoms in total. The van der Waals surface area contributed by atoms with Crippen molar-refractivity contribution in [3.63, 3.8) is 0 Å². The number of rotatable bonds is 7. The van der Waals surface area contributed by atoms with Crippen molar-refractivity contribution in [1.29, 1.82) is 0 Å². The zero-order chi connectivity index (χ0) is 14.7. The second-order valence-corrected chi connectivity index (χ2v) is 5.99. The maximum Gasteiger partial charge on any atom is 0.167 e. The zero-order valence-electron chi connectivity index (χ0n) is 12.2. The molecule has 20 heavy (non-hydrogen) atoms. The van der Waals surface area contributed by atoms with Crippen molar-refractivity contribution in [2.75, 3.05) is 13.2 Å². The molecule has 0 spiro atoms. The van der Waals surface area contributed by atoms with Crippen LogP contribution in [0.4, 0.5) is 0 Å². The molecule has 0 aliphatic heterocycles. The monoisotopic (exact) mass is 340 g/mol. The van der Waals surface area contributed by atoms with Gasteiger partial charge in [-0.2, -0.15) is 0 Å². The highest BCUT2D eigenvalue weighted by Gasteiger charge is 2.34. The van der Waals surface area contributed by atoms with E-state index in [4.69, 9.17) is 9.47 Å². The summed E-state index contributed by atoms with van der Waals surface area (Å²) in [4.78, 5) is 12.5. The Balaban J connectivity index is 2.32. The van der Waals surface area contributed by atoms with Crippen LogP contribution in [-0.4, -0.2) is 19.0 Å². The van der Waals surface area contributed by atoms with E-state index in [1.165, 1.54) is 12.8 Å². The van der Waals surface area contributed by atoms with Gasteiger partial charge in [-0.05, 0) is 60.7 Å². The molecule has 1 aromatic carbocycles. The predicted octanol–water partition coefficient (Wildman–Crippen LogP) is 4.48. The molecule has 2 rings (SSSR count). The van der Waals surface area contributed by atoms with E-state index in [1.807, 2.05) is 26.8 Å². The number of Topliss-reactive ketones (excluding diaryl/α,β-unsaturated/α-hetero) is 1. The minimum Gasteiger partial charge on any atom is -0.490 e. The summed E-state index contributed by atoms with van der Waals surface area (Å²) in [7, 11) is 0. The number of carbonyl (C=O) groups is 1. The lowest BCUT2D eigenvalue weighted by Gasteiger charge is -2.15. The lowest BCUT2D eigenvalue weighted by molar-refractivity contribution is 0.0915. The second kappa shape index (κ2) is 6.61. The summed E-state index contributed by atoms with van der Waals surface area (Å²) in [5.41, 5.74) is 0.691. The largest absolute Gasteiger partial charge is 0.490 e. The Kier molecular flexibility index (Phi) is 5.08. The van der Waals surface area contributed by atoms with Crippen LogP contribution >= 0.6 is 15.9 Å².